The van der Waals surface area contributed by atoms with Crippen molar-refractivity contribution in [3.05, 3.63) is 29.8 Å². The summed E-state index contributed by atoms with van der Waals surface area (Å²) in [6.07, 6.45) is 3.22. The summed E-state index contributed by atoms with van der Waals surface area (Å²) in [6.45, 7) is 4.42. The number of benzene rings is 1. The van der Waals surface area contributed by atoms with Crippen molar-refractivity contribution in [1.29, 1.82) is 0 Å². The van der Waals surface area contributed by atoms with Gasteiger partial charge in [0.1, 0.15) is 6.04 Å². The maximum atomic E-state index is 12.5. The lowest BCUT2D eigenvalue weighted by molar-refractivity contribution is -0.117. The summed E-state index contributed by atoms with van der Waals surface area (Å²) in [4.78, 5) is 12.5. The van der Waals surface area contributed by atoms with Gasteiger partial charge in [-0.2, -0.15) is 0 Å². The smallest absolute Gasteiger partial charge is 0.242 e. The molecule has 24 heavy (non-hydrogen) atoms. The van der Waals surface area contributed by atoms with Crippen molar-refractivity contribution in [3.63, 3.8) is 0 Å². The third-order valence-corrected chi connectivity index (χ3v) is 7.32. The van der Waals surface area contributed by atoms with Crippen molar-refractivity contribution in [2.24, 2.45) is 5.92 Å². The van der Waals surface area contributed by atoms with Crippen LogP contribution in [0.3, 0.4) is 0 Å². The molecular weight excluding hydrogens is 338 g/mol. The Morgan fingerprint density at radius 1 is 1.29 bits per heavy atom. The second kappa shape index (κ2) is 8.61. The predicted molar refractivity (Wildman–Crippen MR) is 105 cm³/mol. The number of hydrogen-bond acceptors (Lipinski definition) is 5. The summed E-state index contributed by atoms with van der Waals surface area (Å²) in [6, 6.07) is 8.54. The minimum atomic E-state index is -0.157. The van der Waals surface area contributed by atoms with Crippen molar-refractivity contribution >= 4 is 35.1 Å². The highest BCUT2D eigenvalue weighted by molar-refractivity contribution is 8.16. The normalized spacial score (nSPS) is 25.1. The summed E-state index contributed by atoms with van der Waals surface area (Å²) in [7, 11) is 0. The predicted octanol–water partition coefficient (Wildman–Crippen LogP) is 3.78. The summed E-state index contributed by atoms with van der Waals surface area (Å²) < 4.78 is 0.497. The highest BCUT2D eigenvalue weighted by Crippen LogP contribution is 2.44. The van der Waals surface area contributed by atoms with Gasteiger partial charge in [-0.3, -0.25) is 10.2 Å². The molecule has 2 unspecified atom stereocenters. The molecule has 0 radical (unpaired) electrons. The van der Waals surface area contributed by atoms with E-state index >= 15 is 0 Å². The molecule has 1 aromatic rings. The van der Waals surface area contributed by atoms with Crippen LogP contribution in [-0.2, 0) is 4.79 Å². The lowest BCUT2D eigenvalue weighted by atomic mass is 10.00. The molecule has 2 aliphatic heterocycles. The van der Waals surface area contributed by atoms with Gasteiger partial charge in [-0.1, -0.05) is 26.0 Å². The van der Waals surface area contributed by atoms with E-state index in [1.807, 2.05) is 35.7 Å². The van der Waals surface area contributed by atoms with Crippen molar-refractivity contribution < 1.29 is 4.79 Å². The van der Waals surface area contributed by atoms with Gasteiger partial charge in [-0.05, 0) is 54.4 Å². The number of carbonyl (C=O) groups excluding carboxylic acids is 1. The summed E-state index contributed by atoms with van der Waals surface area (Å²) in [5, 5.41) is 3.08. The van der Waals surface area contributed by atoms with Gasteiger partial charge in [0.2, 0.25) is 5.91 Å². The van der Waals surface area contributed by atoms with E-state index in [4.69, 9.17) is 0 Å². The fourth-order valence-corrected chi connectivity index (χ4v) is 6.06. The number of hydrazine groups is 1. The zero-order chi connectivity index (χ0) is 16.9. The maximum Gasteiger partial charge on any atom is 0.242 e. The summed E-state index contributed by atoms with van der Waals surface area (Å²) in [5.41, 5.74) is 8.59. The zero-order valence-electron chi connectivity index (χ0n) is 14.4. The molecule has 6 heteroatoms. The van der Waals surface area contributed by atoms with E-state index in [9.17, 15) is 4.79 Å². The van der Waals surface area contributed by atoms with Crippen molar-refractivity contribution in [2.45, 2.75) is 49.8 Å². The average Bonchev–Trinajstić information content (AvgIpc) is 3.04. The first-order valence-electron chi connectivity index (χ1n) is 8.77. The Hall–Kier alpha value is -0.690. The molecule has 0 saturated carbocycles. The molecule has 0 spiro atoms. The van der Waals surface area contributed by atoms with Crippen molar-refractivity contribution in [1.82, 2.24) is 10.9 Å². The van der Waals surface area contributed by atoms with Crippen LogP contribution in [0, 0.1) is 5.92 Å². The van der Waals surface area contributed by atoms with Gasteiger partial charge in [-0.25, -0.2) is 5.43 Å². The average molecular weight is 366 g/mol. The highest BCUT2D eigenvalue weighted by Gasteiger charge is 2.29. The topological polar surface area (TPSA) is 53.2 Å². The summed E-state index contributed by atoms with van der Waals surface area (Å²) >= 11 is 4.01. The maximum absolute atomic E-state index is 12.5. The molecule has 2 atom stereocenters. The van der Waals surface area contributed by atoms with Crippen LogP contribution in [0.15, 0.2) is 24.3 Å². The number of nitrogens with one attached hydrogen (secondary N) is 3. The Balaban J connectivity index is 1.56. The van der Waals surface area contributed by atoms with Crippen LogP contribution < -0.4 is 16.2 Å². The highest BCUT2D eigenvalue weighted by atomic mass is 32.2. The Bertz CT molecular complexity index is 561. The van der Waals surface area contributed by atoms with Gasteiger partial charge in [0.15, 0.2) is 0 Å². The Morgan fingerprint density at radius 3 is 2.83 bits per heavy atom. The van der Waals surface area contributed by atoms with Crippen LogP contribution in [0.5, 0.6) is 0 Å². The molecule has 1 amide bonds. The molecule has 0 aromatic heterocycles. The van der Waals surface area contributed by atoms with Gasteiger partial charge in [0, 0.05) is 11.7 Å². The Labute approximate surface area is 153 Å². The number of carbonyl (C=O) groups is 1. The van der Waals surface area contributed by atoms with E-state index in [0.717, 1.165) is 18.5 Å². The molecule has 0 bridgehead atoms. The molecule has 3 rings (SSSR count). The first kappa shape index (κ1) is 18.1. The van der Waals surface area contributed by atoms with Crippen LogP contribution in [0.4, 0.5) is 5.69 Å². The van der Waals surface area contributed by atoms with E-state index in [-0.39, 0.29) is 11.9 Å². The van der Waals surface area contributed by atoms with Gasteiger partial charge in [0.05, 0.1) is 4.58 Å². The van der Waals surface area contributed by atoms with E-state index in [0.29, 0.717) is 16.5 Å². The minimum Gasteiger partial charge on any atom is -0.325 e. The van der Waals surface area contributed by atoms with Crippen LogP contribution in [-0.4, -0.2) is 29.5 Å². The van der Waals surface area contributed by atoms with E-state index in [1.165, 1.54) is 23.5 Å². The fourth-order valence-electron chi connectivity index (χ4n) is 3.19. The summed E-state index contributed by atoms with van der Waals surface area (Å²) in [5.74, 6) is 3.13. The standard InChI is InChI=1S/C18H27N3OS2/c1-12(2)9-15-11-16(21-20-15)17(22)19-14-6-3-5-13(10-14)18-23-7-4-8-24-18/h3,5-6,10,12,15-16,18,20-21H,4,7-9,11H2,1-2H3,(H,19,22). The number of rotatable bonds is 5. The minimum absolute atomic E-state index is 0.0508. The number of thioether (sulfide) groups is 2. The van der Waals surface area contributed by atoms with Crippen LogP contribution in [0.1, 0.15) is 43.3 Å². The van der Waals surface area contributed by atoms with Crippen LogP contribution in [0.25, 0.3) is 0 Å². The number of hydrogen-bond donors (Lipinski definition) is 3. The molecule has 4 nitrogen and oxygen atoms in total. The largest absolute Gasteiger partial charge is 0.325 e. The Kier molecular flexibility index (Phi) is 6.49. The van der Waals surface area contributed by atoms with Crippen LogP contribution in [0.2, 0.25) is 0 Å². The van der Waals surface area contributed by atoms with E-state index in [1.54, 1.807) is 0 Å². The molecule has 2 aliphatic rings. The third-order valence-electron chi connectivity index (χ3n) is 4.31. The lowest BCUT2D eigenvalue weighted by Crippen LogP contribution is -2.40. The van der Waals surface area contributed by atoms with E-state index in [2.05, 4.69) is 42.1 Å². The second-order valence-corrected chi connectivity index (χ2v) is 9.67. The lowest BCUT2D eigenvalue weighted by Gasteiger charge is -2.21. The third kappa shape index (κ3) is 4.91. The molecule has 132 valence electrons. The monoisotopic (exact) mass is 365 g/mol. The molecular formula is C18H27N3OS2. The van der Waals surface area contributed by atoms with E-state index < -0.39 is 0 Å². The zero-order valence-corrected chi connectivity index (χ0v) is 16.0. The molecule has 2 heterocycles. The fraction of sp³-hybridized carbons (Fsp3) is 0.611. The molecule has 1 aromatic carbocycles. The first-order chi connectivity index (χ1) is 11.6. The van der Waals surface area contributed by atoms with Gasteiger partial charge in [0.25, 0.3) is 0 Å². The van der Waals surface area contributed by atoms with Gasteiger partial charge < -0.3 is 5.32 Å². The van der Waals surface area contributed by atoms with Crippen LogP contribution >= 0.6 is 23.5 Å². The first-order valence-corrected chi connectivity index (χ1v) is 10.9. The van der Waals surface area contributed by atoms with Crippen molar-refractivity contribution in [3.8, 4) is 0 Å². The second-order valence-electron chi connectivity index (χ2n) is 6.95. The van der Waals surface area contributed by atoms with Crippen molar-refractivity contribution in [2.75, 3.05) is 16.8 Å². The number of anilines is 1. The molecule has 2 saturated heterocycles. The quantitative estimate of drug-likeness (QED) is 0.741. The molecule has 2 fully saturated rings. The number of amides is 1. The van der Waals surface area contributed by atoms with Gasteiger partial charge >= 0.3 is 0 Å². The van der Waals surface area contributed by atoms with Gasteiger partial charge in [-0.15, -0.1) is 23.5 Å². The Morgan fingerprint density at radius 2 is 2.08 bits per heavy atom. The molecule has 3 N–H and O–H groups in total. The molecule has 0 aliphatic carbocycles. The SMILES string of the molecule is CC(C)CC1CC(C(=O)Nc2cccc(C3SCCCS3)c2)NN1.